The number of alkyl halides is 1. The van der Waals surface area contributed by atoms with Crippen molar-refractivity contribution in [2.24, 2.45) is 5.84 Å². The molecule has 0 spiro atoms. The molecule has 7 heavy (non-hydrogen) atoms. The second-order valence-corrected chi connectivity index (χ2v) is 2.74. The Hall–Kier alpha value is 0.360. The summed E-state index contributed by atoms with van der Waals surface area (Å²) in [6.45, 7) is 1.01. The molecule has 1 aliphatic rings. The molecule has 0 aromatic heterocycles. The first kappa shape index (κ1) is 5.50. The molecule has 1 aliphatic heterocycles. The molecule has 1 heterocycles. The first-order chi connectivity index (χ1) is 3.34. The molecule has 0 aromatic carbocycles. The van der Waals surface area contributed by atoms with Gasteiger partial charge in [0.05, 0.1) is 11.0 Å². The molecule has 0 aliphatic carbocycles. The number of halogens is 1. The fourth-order valence-corrected chi connectivity index (χ4v) is 1.01. The van der Waals surface area contributed by atoms with Gasteiger partial charge in [0, 0.05) is 6.54 Å². The molecule has 0 saturated carbocycles. The summed E-state index contributed by atoms with van der Waals surface area (Å²) < 4.78 is 0. The second kappa shape index (κ2) is 2.09. The average molecular weight is 166 g/mol. The molecule has 1 saturated heterocycles. The lowest BCUT2D eigenvalue weighted by Gasteiger charge is -2.32. The minimum Gasteiger partial charge on any atom is -0.299 e. The van der Waals surface area contributed by atoms with E-state index in [0.717, 1.165) is 6.54 Å². The van der Waals surface area contributed by atoms with Crippen LogP contribution in [0, 0.1) is 0 Å². The Labute approximate surface area is 50.7 Å². The molecule has 1 rings (SSSR count). The maximum absolute atomic E-state index is 5.08. The Bertz CT molecular complexity index is 65.2. The highest BCUT2D eigenvalue weighted by atomic mass is 79.9. The van der Waals surface area contributed by atoms with Crippen molar-refractivity contribution in [3.8, 4) is 0 Å². The number of hydrogen-bond donors (Lipinski definition) is 3. The zero-order valence-electron chi connectivity index (χ0n) is 3.82. The van der Waals surface area contributed by atoms with E-state index >= 15 is 0 Å². The van der Waals surface area contributed by atoms with Gasteiger partial charge in [-0.3, -0.25) is 11.2 Å². The normalized spacial score (nSPS) is 40.3. The predicted molar refractivity (Wildman–Crippen MR) is 31.8 cm³/mol. The third kappa shape index (κ3) is 0.937. The summed E-state index contributed by atoms with van der Waals surface area (Å²) in [6, 6.07) is 0. The van der Waals surface area contributed by atoms with E-state index in [1.165, 1.54) is 0 Å². The van der Waals surface area contributed by atoms with Crippen molar-refractivity contribution >= 4 is 15.9 Å². The third-order valence-corrected chi connectivity index (χ3v) is 1.93. The predicted octanol–water partition coefficient (Wildman–Crippen LogP) is -0.857. The molecule has 3 nitrogen and oxygen atoms in total. The first-order valence-electron chi connectivity index (χ1n) is 2.18. The fraction of sp³-hybridized carbons (Fsp3) is 1.00. The summed E-state index contributed by atoms with van der Waals surface area (Å²) >= 11 is 3.38. The van der Waals surface area contributed by atoms with Gasteiger partial charge in [0.25, 0.3) is 0 Å². The van der Waals surface area contributed by atoms with Crippen LogP contribution in [0.4, 0.5) is 0 Å². The van der Waals surface area contributed by atoms with E-state index in [-0.39, 0.29) is 6.17 Å². The molecule has 1 unspecified atom stereocenters. The van der Waals surface area contributed by atoms with Gasteiger partial charge in [-0.2, -0.15) is 0 Å². The monoisotopic (exact) mass is 165 g/mol. The van der Waals surface area contributed by atoms with Gasteiger partial charge in [-0.05, 0) is 0 Å². The third-order valence-electron chi connectivity index (χ3n) is 1.07. The lowest BCUT2D eigenvalue weighted by atomic mass is 10.2. The first-order valence-corrected chi connectivity index (χ1v) is 3.10. The summed E-state index contributed by atoms with van der Waals surface area (Å²) in [7, 11) is 0. The summed E-state index contributed by atoms with van der Waals surface area (Å²) in [4.78, 5) is 0.512. The van der Waals surface area contributed by atoms with Crippen LogP contribution < -0.4 is 16.6 Å². The van der Waals surface area contributed by atoms with E-state index in [1.54, 1.807) is 0 Å². The van der Waals surface area contributed by atoms with Gasteiger partial charge in [0.1, 0.15) is 0 Å². The number of hydrogen-bond acceptors (Lipinski definition) is 3. The molecule has 0 aromatic rings. The Kier molecular flexibility index (Phi) is 1.64. The van der Waals surface area contributed by atoms with Crippen molar-refractivity contribution in [2.75, 3.05) is 6.54 Å². The van der Waals surface area contributed by atoms with Crippen molar-refractivity contribution in [1.29, 1.82) is 0 Å². The van der Waals surface area contributed by atoms with Gasteiger partial charge < -0.3 is 0 Å². The molecule has 42 valence electrons. The number of nitrogens with one attached hydrogen (secondary N) is 2. The standard InChI is InChI=1S/C3H8BrN3/c4-2-1-6-3(2)7-5/h2-3,6-7H,1,5H2/t2?,3-/m0/s1. The summed E-state index contributed by atoms with van der Waals surface area (Å²) in [6.07, 6.45) is 0.278. The molecule has 4 N–H and O–H groups in total. The van der Waals surface area contributed by atoms with Gasteiger partial charge in [-0.25, -0.2) is 5.43 Å². The second-order valence-electron chi connectivity index (χ2n) is 1.57. The minimum atomic E-state index is 0.278. The van der Waals surface area contributed by atoms with Crippen LogP contribution in [0.3, 0.4) is 0 Å². The summed E-state index contributed by atoms with van der Waals surface area (Å²) in [5.74, 6) is 5.08. The van der Waals surface area contributed by atoms with Crippen LogP contribution in [0.5, 0.6) is 0 Å². The Morgan fingerprint density at radius 3 is 2.57 bits per heavy atom. The smallest absolute Gasteiger partial charge is 0.0841 e. The van der Waals surface area contributed by atoms with E-state index in [0.29, 0.717) is 4.83 Å². The van der Waals surface area contributed by atoms with Crippen molar-refractivity contribution in [1.82, 2.24) is 10.7 Å². The quantitative estimate of drug-likeness (QED) is 0.270. The van der Waals surface area contributed by atoms with Crippen molar-refractivity contribution in [3.63, 3.8) is 0 Å². The van der Waals surface area contributed by atoms with Gasteiger partial charge in [0.15, 0.2) is 0 Å². The van der Waals surface area contributed by atoms with Crippen molar-refractivity contribution < 1.29 is 0 Å². The number of nitrogens with two attached hydrogens (primary N) is 1. The number of hydrazine groups is 1. The SMILES string of the molecule is NN[C@@H]1NCC1Br. The number of rotatable bonds is 1. The molecular formula is C3H8BrN3. The van der Waals surface area contributed by atoms with Crippen LogP contribution in [-0.2, 0) is 0 Å². The van der Waals surface area contributed by atoms with Crippen LogP contribution >= 0.6 is 15.9 Å². The lowest BCUT2D eigenvalue weighted by Crippen LogP contribution is -2.63. The van der Waals surface area contributed by atoms with E-state index in [4.69, 9.17) is 5.84 Å². The fourth-order valence-electron chi connectivity index (χ4n) is 0.488. The van der Waals surface area contributed by atoms with E-state index in [2.05, 4.69) is 26.7 Å². The molecule has 2 atom stereocenters. The lowest BCUT2D eigenvalue weighted by molar-refractivity contribution is 0.331. The average Bonchev–Trinajstić information content (AvgIpc) is 1.65. The van der Waals surface area contributed by atoms with Crippen LogP contribution in [0.2, 0.25) is 0 Å². The van der Waals surface area contributed by atoms with Gasteiger partial charge in [-0.1, -0.05) is 15.9 Å². The summed E-state index contributed by atoms with van der Waals surface area (Å²) in [5.41, 5.74) is 2.59. The maximum Gasteiger partial charge on any atom is 0.0841 e. The Morgan fingerprint density at radius 2 is 2.57 bits per heavy atom. The topological polar surface area (TPSA) is 50.1 Å². The van der Waals surface area contributed by atoms with Crippen molar-refractivity contribution in [2.45, 2.75) is 11.0 Å². The zero-order chi connectivity index (χ0) is 5.28. The highest BCUT2D eigenvalue weighted by Gasteiger charge is 2.25. The molecule has 1 fully saturated rings. The van der Waals surface area contributed by atoms with Gasteiger partial charge >= 0.3 is 0 Å². The van der Waals surface area contributed by atoms with Crippen LogP contribution in [0.15, 0.2) is 0 Å². The Morgan fingerprint density at radius 1 is 1.86 bits per heavy atom. The highest BCUT2D eigenvalue weighted by molar-refractivity contribution is 9.09. The summed E-state index contributed by atoms with van der Waals surface area (Å²) in [5, 5.41) is 3.06. The minimum absolute atomic E-state index is 0.278. The van der Waals surface area contributed by atoms with Crippen LogP contribution in [0.1, 0.15) is 0 Å². The van der Waals surface area contributed by atoms with E-state index < -0.39 is 0 Å². The Balaban J connectivity index is 2.16. The van der Waals surface area contributed by atoms with Crippen LogP contribution in [-0.4, -0.2) is 17.5 Å². The van der Waals surface area contributed by atoms with Crippen molar-refractivity contribution in [3.05, 3.63) is 0 Å². The van der Waals surface area contributed by atoms with Gasteiger partial charge in [0.2, 0.25) is 0 Å². The largest absolute Gasteiger partial charge is 0.299 e. The zero-order valence-corrected chi connectivity index (χ0v) is 5.40. The molecule has 4 heteroatoms. The maximum atomic E-state index is 5.08. The van der Waals surface area contributed by atoms with Crippen LogP contribution in [0.25, 0.3) is 0 Å². The van der Waals surface area contributed by atoms with E-state index in [1.807, 2.05) is 0 Å². The molecule has 0 radical (unpaired) electrons. The van der Waals surface area contributed by atoms with E-state index in [9.17, 15) is 0 Å². The molecule has 0 bridgehead atoms. The highest BCUT2D eigenvalue weighted by Crippen LogP contribution is 2.09. The molecular weight excluding hydrogens is 158 g/mol. The van der Waals surface area contributed by atoms with Gasteiger partial charge in [-0.15, -0.1) is 0 Å². The molecule has 0 amide bonds.